The minimum atomic E-state index is -0.229. The van der Waals surface area contributed by atoms with Crippen molar-refractivity contribution >= 4 is 52.4 Å². The van der Waals surface area contributed by atoms with Gasteiger partial charge in [-0.15, -0.1) is 0 Å². The molecule has 2 aromatic rings. The number of pyridine rings is 1. The van der Waals surface area contributed by atoms with Crippen LogP contribution in [0.5, 0.6) is 0 Å². The van der Waals surface area contributed by atoms with Crippen molar-refractivity contribution < 1.29 is 9.13 Å². The number of nitrogens with zero attached hydrogens (tertiary/aromatic N) is 4. The molecule has 2 fully saturated rings. The Bertz CT molecular complexity index is 844. The highest BCUT2D eigenvalue weighted by Gasteiger charge is 2.61. The van der Waals surface area contributed by atoms with Gasteiger partial charge in [0.1, 0.15) is 22.0 Å². The summed E-state index contributed by atoms with van der Waals surface area (Å²) < 4.78 is 6.82. The number of piperidine rings is 1. The monoisotopic (exact) mass is 346 g/mol. The molecule has 23 heavy (non-hydrogen) atoms. The molecule has 0 unspecified atom stereocenters. The van der Waals surface area contributed by atoms with E-state index in [4.69, 9.17) is 24.3 Å². The van der Waals surface area contributed by atoms with Crippen LogP contribution in [0.1, 0.15) is 6.42 Å². The van der Waals surface area contributed by atoms with Gasteiger partial charge in [0.25, 0.3) is 6.02 Å². The Hall–Kier alpha value is -1.38. The minimum Gasteiger partial charge on any atom is -0.450 e. The molecule has 2 radical (unpaired) electrons. The maximum atomic E-state index is 6.37. The lowest BCUT2D eigenvalue weighted by Crippen LogP contribution is -2.52. The molecule has 3 aliphatic rings. The lowest BCUT2D eigenvalue weighted by Gasteiger charge is -2.35. The van der Waals surface area contributed by atoms with Gasteiger partial charge in [-0.3, -0.25) is 5.32 Å². The number of hydrogen-bond acceptors (Lipinski definition) is 6. The standard InChI is InChI=1S/C14H14BClN5OS/c15-21-4-3-8(5-21)14(7-21)6-17-12(22-14)20-13-18-9-1-2-10(16)19-11(9)23-13/h1-2,8H,3-7H2,(H,17,18,20)/q+1/t8-,14+,21-/m1/s1. The second-order valence-corrected chi connectivity index (χ2v) is 8.02. The van der Waals surface area contributed by atoms with E-state index in [2.05, 4.69) is 20.3 Å². The number of aromatic nitrogens is 2. The number of aliphatic imine (C=N–C) groups is 1. The van der Waals surface area contributed by atoms with Crippen LogP contribution in [-0.4, -0.2) is 60.1 Å². The average Bonchev–Trinajstić information content (AvgIpc) is 3.21. The van der Waals surface area contributed by atoms with Gasteiger partial charge < -0.3 is 9.13 Å². The Labute approximate surface area is 143 Å². The summed E-state index contributed by atoms with van der Waals surface area (Å²) >= 11 is 7.35. The van der Waals surface area contributed by atoms with Crippen molar-refractivity contribution in [2.24, 2.45) is 10.9 Å². The molecule has 2 aromatic heterocycles. The third-order valence-corrected chi connectivity index (χ3v) is 6.15. The zero-order chi connectivity index (χ0) is 15.7. The largest absolute Gasteiger partial charge is 0.481 e. The summed E-state index contributed by atoms with van der Waals surface area (Å²) in [7, 11) is 6.37. The van der Waals surface area contributed by atoms with E-state index in [1.54, 1.807) is 6.07 Å². The van der Waals surface area contributed by atoms with Crippen LogP contribution in [0.25, 0.3) is 10.3 Å². The van der Waals surface area contributed by atoms with Crippen molar-refractivity contribution in [2.45, 2.75) is 12.0 Å². The van der Waals surface area contributed by atoms with Crippen molar-refractivity contribution in [3.63, 3.8) is 0 Å². The fourth-order valence-electron chi connectivity index (χ4n) is 4.03. The van der Waals surface area contributed by atoms with E-state index in [0.717, 1.165) is 36.4 Å². The molecule has 3 atom stereocenters. The Morgan fingerprint density at radius 3 is 3.13 bits per heavy atom. The van der Waals surface area contributed by atoms with Gasteiger partial charge in [-0.1, -0.05) is 22.9 Å². The zero-order valence-corrected chi connectivity index (χ0v) is 13.9. The fourth-order valence-corrected chi connectivity index (χ4v) is 5.06. The normalized spacial score (nSPS) is 35.0. The molecule has 0 saturated carbocycles. The van der Waals surface area contributed by atoms with Crippen LogP contribution in [0.4, 0.5) is 5.13 Å². The first kappa shape index (κ1) is 14.0. The number of ether oxygens (including phenoxy) is 1. The number of amidine groups is 1. The second-order valence-electron chi connectivity index (χ2n) is 6.66. The topological polar surface area (TPSA) is 59.4 Å². The molecule has 116 valence electrons. The lowest BCUT2D eigenvalue weighted by atomic mass is 9.87. The van der Waals surface area contributed by atoms with Gasteiger partial charge in [0, 0.05) is 6.42 Å². The van der Waals surface area contributed by atoms with Crippen molar-refractivity contribution in [1.29, 1.82) is 0 Å². The Morgan fingerprint density at radius 1 is 1.43 bits per heavy atom. The van der Waals surface area contributed by atoms with Crippen LogP contribution >= 0.6 is 22.9 Å². The number of halogens is 1. The van der Waals surface area contributed by atoms with E-state index in [1.165, 1.54) is 11.3 Å². The van der Waals surface area contributed by atoms with Crippen molar-refractivity contribution in [1.82, 2.24) is 9.97 Å². The summed E-state index contributed by atoms with van der Waals surface area (Å²) in [5.74, 6) is 0.492. The molecule has 1 spiro atoms. The highest BCUT2D eigenvalue weighted by Crippen LogP contribution is 2.45. The Balaban J connectivity index is 1.35. The van der Waals surface area contributed by atoms with E-state index < -0.39 is 0 Å². The van der Waals surface area contributed by atoms with Gasteiger partial charge in [-0.25, -0.2) is 15.0 Å². The van der Waals surface area contributed by atoms with Gasteiger partial charge >= 0.3 is 7.98 Å². The molecule has 0 amide bonds. The minimum absolute atomic E-state index is 0.229. The van der Waals surface area contributed by atoms with Crippen LogP contribution in [0.3, 0.4) is 0 Å². The van der Waals surface area contributed by atoms with Gasteiger partial charge in [-0.2, -0.15) is 0 Å². The molecule has 2 bridgehead atoms. The highest BCUT2D eigenvalue weighted by atomic mass is 35.5. The van der Waals surface area contributed by atoms with E-state index >= 15 is 0 Å². The van der Waals surface area contributed by atoms with Crippen LogP contribution < -0.4 is 5.32 Å². The van der Waals surface area contributed by atoms with E-state index in [9.17, 15) is 0 Å². The maximum absolute atomic E-state index is 6.37. The van der Waals surface area contributed by atoms with Crippen LogP contribution in [0.15, 0.2) is 17.1 Å². The number of hydrogen-bond donors (Lipinski definition) is 1. The van der Waals surface area contributed by atoms with Gasteiger partial charge in [0.05, 0.1) is 25.6 Å². The summed E-state index contributed by atoms with van der Waals surface area (Å²) in [5, 5.41) is 4.36. The van der Waals surface area contributed by atoms with Crippen molar-refractivity contribution in [2.75, 3.05) is 31.5 Å². The molecule has 6 nitrogen and oxygen atoms in total. The molecule has 0 aromatic carbocycles. The number of anilines is 1. The quantitative estimate of drug-likeness (QED) is 0.632. The molecular weight excluding hydrogens is 333 g/mol. The first-order chi connectivity index (χ1) is 11.0. The van der Waals surface area contributed by atoms with Crippen LogP contribution in [0.2, 0.25) is 5.15 Å². The third-order valence-electron chi connectivity index (χ3n) is 5.06. The Kier molecular flexibility index (Phi) is 2.79. The first-order valence-corrected chi connectivity index (χ1v) is 8.81. The highest BCUT2D eigenvalue weighted by molar-refractivity contribution is 7.22. The summed E-state index contributed by atoms with van der Waals surface area (Å²) in [5.41, 5.74) is 0.584. The van der Waals surface area contributed by atoms with Crippen LogP contribution in [-0.2, 0) is 4.74 Å². The van der Waals surface area contributed by atoms with Gasteiger partial charge in [-0.05, 0) is 12.1 Å². The summed E-state index contributed by atoms with van der Waals surface area (Å²) in [6.45, 7) is 3.55. The molecule has 3 aliphatic heterocycles. The molecule has 1 N–H and O–H groups in total. The van der Waals surface area contributed by atoms with E-state index in [-0.39, 0.29) is 5.60 Å². The Morgan fingerprint density at radius 2 is 2.35 bits per heavy atom. The second kappa shape index (κ2) is 4.58. The molecular formula is C14H14BClN5OS+. The molecule has 0 aliphatic carbocycles. The van der Waals surface area contributed by atoms with Gasteiger partial charge in [0.15, 0.2) is 10.7 Å². The predicted molar refractivity (Wildman–Crippen MR) is 90.9 cm³/mol. The molecule has 5 heterocycles. The molecule has 9 heteroatoms. The SMILES string of the molecule is [B][N@+]12CC[C@H](C1)[C@]1(CN=C(Nc3nc4ccc(Cl)nc4s3)O1)C2. The van der Waals surface area contributed by atoms with Gasteiger partial charge in [0.2, 0.25) is 0 Å². The summed E-state index contributed by atoms with van der Waals surface area (Å²) in [6, 6.07) is 4.13. The van der Waals surface area contributed by atoms with E-state index in [0.29, 0.717) is 33.2 Å². The smallest absolute Gasteiger partial charge is 0.450 e. The number of fused-ring (bicyclic) bond motifs is 4. The fraction of sp³-hybridized carbons (Fsp3) is 0.500. The number of quaternary nitrogens is 1. The lowest BCUT2D eigenvalue weighted by molar-refractivity contribution is -0.798. The van der Waals surface area contributed by atoms with Crippen LogP contribution in [0, 0.1) is 5.92 Å². The maximum Gasteiger partial charge on any atom is 0.481 e. The van der Waals surface area contributed by atoms with E-state index in [1.807, 2.05) is 6.07 Å². The summed E-state index contributed by atoms with van der Waals surface area (Å²) in [6.07, 6.45) is 1.11. The number of thiazole rings is 1. The number of nitrogens with one attached hydrogen (secondary N) is 1. The molecule has 5 rings (SSSR count). The number of rotatable bonds is 1. The summed E-state index contributed by atoms with van der Waals surface area (Å²) in [4.78, 5) is 14.1. The van der Waals surface area contributed by atoms with Crippen molar-refractivity contribution in [3.05, 3.63) is 17.3 Å². The third kappa shape index (κ3) is 2.15. The molecule has 2 saturated heterocycles. The predicted octanol–water partition coefficient (Wildman–Crippen LogP) is 1.82. The average molecular weight is 347 g/mol. The first-order valence-electron chi connectivity index (χ1n) is 7.62. The zero-order valence-electron chi connectivity index (χ0n) is 12.3. The van der Waals surface area contributed by atoms with Crippen molar-refractivity contribution in [3.8, 4) is 0 Å².